The molecule has 1 atom stereocenters. The Morgan fingerprint density at radius 3 is 3.00 bits per heavy atom. The number of hydrogen-bond donors (Lipinski definition) is 1. The molecule has 0 unspecified atom stereocenters. The smallest absolute Gasteiger partial charge is 0.144 e. The van der Waals surface area contributed by atoms with Crippen LogP contribution in [0.2, 0.25) is 0 Å². The molecule has 0 spiro atoms. The Hall–Kier alpha value is -1.40. The maximum Gasteiger partial charge on any atom is 0.144 e. The van der Waals surface area contributed by atoms with Crippen LogP contribution in [0.5, 0.6) is 0 Å². The topological polar surface area (TPSA) is 49.8 Å². The number of nitrogens with two attached hydrogens (primary N) is 1. The van der Waals surface area contributed by atoms with E-state index in [1.165, 1.54) is 6.07 Å². The summed E-state index contributed by atoms with van der Waals surface area (Å²) >= 11 is 0. The van der Waals surface area contributed by atoms with E-state index in [2.05, 4.69) is 0 Å². The van der Waals surface area contributed by atoms with Crippen LogP contribution in [0.1, 0.15) is 23.1 Å². The van der Waals surface area contributed by atoms with Gasteiger partial charge in [-0.25, -0.2) is 4.39 Å². The first kappa shape index (κ1) is 9.17. The van der Waals surface area contributed by atoms with Crippen molar-refractivity contribution in [1.82, 2.24) is 0 Å². The number of nitriles is 1. The lowest BCUT2D eigenvalue weighted by atomic mass is 9.87. The molecule has 0 aliphatic heterocycles. The van der Waals surface area contributed by atoms with Crippen molar-refractivity contribution in [3.8, 4) is 6.07 Å². The highest BCUT2D eigenvalue weighted by molar-refractivity contribution is 5.41. The Morgan fingerprint density at radius 1 is 1.50 bits per heavy atom. The SMILES string of the molecule is N#Cc1ccc2c(c1F)CC[C@H](N)C2. The van der Waals surface area contributed by atoms with E-state index in [0.717, 1.165) is 18.4 Å². The van der Waals surface area contributed by atoms with Gasteiger partial charge in [0.05, 0.1) is 5.56 Å². The van der Waals surface area contributed by atoms with E-state index in [1.807, 2.05) is 12.1 Å². The summed E-state index contributed by atoms with van der Waals surface area (Å²) in [6.07, 6.45) is 2.18. The van der Waals surface area contributed by atoms with Gasteiger partial charge in [0.1, 0.15) is 11.9 Å². The van der Waals surface area contributed by atoms with Gasteiger partial charge >= 0.3 is 0 Å². The van der Waals surface area contributed by atoms with E-state index in [9.17, 15) is 4.39 Å². The summed E-state index contributed by atoms with van der Waals surface area (Å²) in [5.41, 5.74) is 7.57. The van der Waals surface area contributed by atoms with E-state index in [4.69, 9.17) is 11.0 Å². The van der Waals surface area contributed by atoms with Gasteiger partial charge in [0, 0.05) is 6.04 Å². The Morgan fingerprint density at radius 2 is 2.29 bits per heavy atom. The fourth-order valence-electron chi connectivity index (χ4n) is 1.92. The number of nitrogens with zero attached hydrogens (tertiary/aromatic N) is 1. The first-order valence-electron chi connectivity index (χ1n) is 4.68. The van der Waals surface area contributed by atoms with Crippen LogP contribution in [0, 0.1) is 17.1 Å². The number of fused-ring (bicyclic) bond motifs is 1. The zero-order chi connectivity index (χ0) is 10.1. The summed E-state index contributed by atoms with van der Waals surface area (Å²) in [6, 6.07) is 5.33. The first-order chi connectivity index (χ1) is 6.72. The zero-order valence-electron chi connectivity index (χ0n) is 7.76. The maximum atomic E-state index is 13.6. The van der Waals surface area contributed by atoms with Gasteiger partial charge in [-0.2, -0.15) is 5.26 Å². The zero-order valence-corrected chi connectivity index (χ0v) is 7.76. The summed E-state index contributed by atoms with van der Waals surface area (Å²) in [7, 11) is 0. The van der Waals surface area contributed by atoms with Crippen molar-refractivity contribution >= 4 is 0 Å². The van der Waals surface area contributed by atoms with Crippen molar-refractivity contribution in [2.75, 3.05) is 0 Å². The predicted octanol–water partition coefficient (Wildman–Crippen LogP) is 1.51. The Kier molecular flexibility index (Phi) is 2.22. The second-order valence-electron chi connectivity index (χ2n) is 3.68. The lowest BCUT2D eigenvalue weighted by Gasteiger charge is -2.21. The quantitative estimate of drug-likeness (QED) is 0.674. The highest BCUT2D eigenvalue weighted by Gasteiger charge is 2.20. The summed E-state index contributed by atoms with van der Waals surface area (Å²) in [6.45, 7) is 0. The first-order valence-corrected chi connectivity index (χ1v) is 4.68. The monoisotopic (exact) mass is 190 g/mol. The third-order valence-corrected chi connectivity index (χ3v) is 2.71. The van der Waals surface area contributed by atoms with E-state index >= 15 is 0 Å². The molecular formula is C11H11FN2. The van der Waals surface area contributed by atoms with Gasteiger partial charge in [0.25, 0.3) is 0 Å². The number of benzene rings is 1. The van der Waals surface area contributed by atoms with Gasteiger partial charge in [0.2, 0.25) is 0 Å². The second kappa shape index (κ2) is 3.39. The number of halogens is 1. The molecule has 2 rings (SSSR count). The summed E-state index contributed by atoms with van der Waals surface area (Å²) in [5.74, 6) is -0.350. The molecule has 0 bridgehead atoms. The van der Waals surface area contributed by atoms with Crippen molar-refractivity contribution in [1.29, 1.82) is 5.26 Å². The Labute approximate surface area is 82.1 Å². The lowest BCUT2D eigenvalue weighted by molar-refractivity contribution is 0.536. The molecule has 1 aliphatic carbocycles. The molecule has 1 aromatic carbocycles. The molecule has 1 aliphatic rings. The minimum atomic E-state index is -0.350. The van der Waals surface area contributed by atoms with Crippen molar-refractivity contribution in [2.24, 2.45) is 5.73 Å². The molecule has 14 heavy (non-hydrogen) atoms. The fourth-order valence-corrected chi connectivity index (χ4v) is 1.92. The van der Waals surface area contributed by atoms with Crippen molar-refractivity contribution in [3.63, 3.8) is 0 Å². The van der Waals surface area contributed by atoms with E-state index in [1.54, 1.807) is 0 Å². The molecule has 0 heterocycles. The molecule has 2 nitrogen and oxygen atoms in total. The molecule has 0 radical (unpaired) electrons. The van der Waals surface area contributed by atoms with Crippen LogP contribution in [0.3, 0.4) is 0 Å². The third-order valence-electron chi connectivity index (χ3n) is 2.71. The third kappa shape index (κ3) is 1.38. The molecule has 0 saturated heterocycles. The van der Waals surface area contributed by atoms with Crippen molar-refractivity contribution in [2.45, 2.75) is 25.3 Å². The van der Waals surface area contributed by atoms with Crippen LogP contribution in [0.25, 0.3) is 0 Å². The largest absolute Gasteiger partial charge is 0.327 e. The van der Waals surface area contributed by atoms with Crippen molar-refractivity contribution in [3.05, 3.63) is 34.6 Å². The Bertz CT molecular complexity index is 406. The average molecular weight is 190 g/mol. The summed E-state index contributed by atoms with van der Waals surface area (Å²) in [5, 5.41) is 8.66. The van der Waals surface area contributed by atoms with Gasteiger partial charge in [-0.3, -0.25) is 0 Å². The predicted molar refractivity (Wildman–Crippen MR) is 51.1 cm³/mol. The van der Waals surface area contributed by atoms with Gasteiger partial charge in [-0.15, -0.1) is 0 Å². The van der Waals surface area contributed by atoms with Gasteiger partial charge < -0.3 is 5.73 Å². The molecular weight excluding hydrogens is 179 g/mol. The normalized spacial score (nSPS) is 19.9. The number of hydrogen-bond acceptors (Lipinski definition) is 2. The highest BCUT2D eigenvalue weighted by atomic mass is 19.1. The minimum Gasteiger partial charge on any atom is -0.327 e. The van der Waals surface area contributed by atoms with Crippen LogP contribution >= 0.6 is 0 Å². The van der Waals surface area contributed by atoms with Gasteiger partial charge in [0.15, 0.2) is 0 Å². The Balaban J connectivity index is 2.50. The molecule has 0 aromatic heterocycles. The molecule has 1 aromatic rings. The van der Waals surface area contributed by atoms with E-state index in [-0.39, 0.29) is 17.4 Å². The van der Waals surface area contributed by atoms with Gasteiger partial charge in [-0.05, 0) is 36.5 Å². The van der Waals surface area contributed by atoms with Crippen LogP contribution in [-0.2, 0) is 12.8 Å². The second-order valence-corrected chi connectivity index (χ2v) is 3.68. The molecule has 0 saturated carbocycles. The average Bonchev–Trinajstić information content (AvgIpc) is 2.18. The molecule has 0 amide bonds. The van der Waals surface area contributed by atoms with Crippen LogP contribution in [0.15, 0.2) is 12.1 Å². The standard InChI is InChI=1S/C11H11FN2/c12-11-8(6-13)2-1-7-5-9(14)3-4-10(7)11/h1-2,9H,3-5,14H2/t9-/m0/s1. The van der Waals surface area contributed by atoms with E-state index < -0.39 is 0 Å². The van der Waals surface area contributed by atoms with Gasteiger partial charge in [-0.1, -0.05) is 6.07 Å². The fraction of sp³-hybridized carbons (Fsp3) is 0.364. The minimum absolute atomic E-state index is 0.134. The van der Waals surface area contributed by atoms with Crippen LogP contribution in [-0.4, -0.2) is 6.04 Å². The highest BCUT2D eigenvalue weighted by Crippen LogP contribution is 2.25. The van der Waals surface area contributed by atoms with E-state index in [0.29, 0.717) is 12.0 Å². The molecule has 0 fully saturated rings. The molecule has 2 N–H and O–H groups in total. The summed E-state index contributed by atoms with van der Waals surface area (Å²) < 4.78 is 13.6. The molecule has 3 heteroatoms. The maximum absolute atomic E-state index is 13.6. The summed E-state index contributed by atoms with van der Waals surface area (Å²) in [4.78, 5) is 0. The molecule has 72 valence electrons. The number of rotatable bonds is 0. The van der Waals surface area contributed by atoms with Crippen molar-refractivity contribution < 1.29 is 4.39 Å². The lowest BCUT2D eigenvalue weighted by Crippen LogP contribution is -2.28. The van der Waals surface area contributed by atoms with Crippen LogP contribution in [0.4, 0.5) is 4.39 Å². The van der Waals surface area contributed by atoms with Crippen LogP contribution < -0.4 is 5.73 Å².